The molecule has 5 heteroatoms. The number of aromatic nitrogens is 2. The van der Waals surface area contributed by atoms with Crippen LogP contribution in [-0.4, -0.2) is 9.97 Å². The zero-order chi connectivity index (χ0) is 13.0. The van der Waals surface area contributed by atoms with Crippen molar-refractivity contribution in [2.75, 3.05) is 0 Å². The van der Waals surface area contributed by atoms with Crippen molar-refractivity contribution in [3.05, 3.63) is 57.0 Å². The third-order valence-electron chi connectivity index (χ3n) is 2.46. The van der Waals surface area contributed by atoms with Gasteiger partial charge in [-0.05, 0) is 30.7 Å². The van der Waals surface area contributed by atoms with Crippen LogP contribution in [0.25, 0.3) is 0 Å². The van der Waals surface area contributed by atoms with Crippen LogP contribution < -0.4 is 5.32 Å². The second-order valence-electron chi connectivity index (χ2n) is 3.99. The summed E-state index contributed by atoms with van der Waals surface area (Å²) in [6.45, 7) is 3.34. The average Bonchev–Trinajstić information content (AvgIpc) is 2.36. The van der Waals surface area contributed by atoms with Gasteiger partial charge in [-0.1, -0.05) is 27.5 Å². The predicted molar refractivity (Wildman–Crippen MR) is 76.5 cm³/mol. The van der Waals surface area contributed by atoms with Gasteiger partial charge in [0.15, 0.2) is 0 Å². The number of aryl methyl sites for hydroxylation is 1. The van der Waals surface area contributed by atoms with Gasteiger partial charge in [-0.25, -0.2) is 0 Å². The van der Waals surface area contributed by atoms with Crippen LogP contribution in [0.3, 0.4) is 0 Å². The highest BCUT2D eigenvalue weighted by Gasteiger charge is 2.01. The second-order valence-corrected chi connectivity index (χ2v) is 5.28. The van der Waals surface area contributed by atoms with Crippen molar-refractivity contribution < 1.29 is 0 Å². The van der Waals surface area contributed by atoms with Crippen LogP contribution in [0.1, 0.15) is 17.0 Å². The smallest absolute Gasteiger partial charge is 0.0724 e. The molecule has 0 radical (unpaired) electrons. The van der Waals surface area contributed by atoms with Gasteiger partial charge in [0.05, 0.1) is 11.4 Å². The Balaban J connectivity index is 1.92. The molecule has 0 atom stereocenters. The maximum Gasteiger partial charge on any atom is 0.0724 e. The van der Waals surface area contributed by atoms with Crippen LogP contribution in [0.4, 0.5) is 0 Å². The van der Waals surface area contributed by atoms with Crippen molar-refractivity contribution >= 4 is 27.5 Å². The molecule has 0 bridgehead atoms. The molecular formula is C13H13BrClN3. The van der Waals surface area contributed by atoms with E-state index in [9.17, 15) is 0 Å². The van der Waals surface area contributed by atoms with E-state index in [0.29, 0.717) is 6.54 Å². The fraction of sp³-hybridized carbons (Fsp3) is 0.231. The van der Waals surface area contributed by atoms with Gasteiger partial charge in [-0.2, -0.15) is 0 Å². The van der Waals surface area contributed by atoms with Gasteiger partial charge in [-0.3, -0.25) is 9.97 Å². The Labute approximate surface area is 120 Å². The molecule has 1 aromatic carbocycles. The minimum absolute atomic E-state index is 0.687. The lowest BCUT2D eigenvalue weighted by Gasteiger charge is -2.07. The normalized spacial score (nSPS) is 10.6. The average molecular weight is 327 g/mol. The molecule has 2 rings (SSSR count). The maximum atomic E-state index is 5.96. The highest BCUT2D eigenvalue weighted by atomic mass is 79.9. The molecule has 2 aromatic rings. The molecule has 0 fully saturated rings. The fourth-order valence-corrected chi connectivity index (χ4v) is 2.10. The molecule has 18 heavy (non-hydrogen) atoms. The van der Waals surface area contributed by atoms with Crippen molar-refractivity contribution in [3.63, 3.8) is 0 Å². The monoisotopic (exact) mass is 325 g/mol. The Hall–Kier alpha value is -0.970. The first-order valence-electron chi connectivity index (χ1n) is 5.57. The van der Waals surface area contributed by atoms with Crippen molar-refractivity contribution in [2.45, 2.75) is 20.0 Å². The first-order chi connectivity index (χ1) is 8.65. The lowest BCUT2D eigenvalue weighted by Crippen LogP contribution is -2.14. The van der Waals surface area contributed by atoms with Crippen LogP contribution in [0, 0.1) is 6.92 Å². The van der Waals surface area contributed by atoms with Crippen molar-refractivity contribution in [1.29, 1.82) is 0 Å². The second kappa shape index (κ2) is 6.27. The number of rotatable bonds is 4. The summed E-state index contributed by atoms with van der Waals surface area (Å²) in [5, 5.41) is 4.06. The van der Waals surface area contributed by atoms with E-state index in [4.69, 9.17) is 11.6 Å². The van der Waals surface area contributed by atoms with Crippen LogP contribution in [0.15, 0.2) is 35.1 Å². The summed E-state index contributed by atoms with van der Waals surface area (Å²) >= 11 is 9.46. The molecule has 0 aliphatic heterocycles. The zero-order valence-electron chi connectivity index (χ0n) is 9.95. The third-order valence-corrected chi connectivity index (χ3v) is 3.47. The minimum atomic E-state index is 0.687. The molecule has 1 N–H and O–H groups in total. The van der Waals surface area contributed by atoms with Gasteiger partial charge >= 0.3 is 0 Å². The van der Waals surface area contributed by atoms with Crippen LogP contribution in [-0.2, 0) is 13.1 Å². The summed E-state index contributed by atoms with van der Waals surface area (Å²) in [7, 11) is 0. The lowest BCUT2D eigenvalue weighted by molar-refractivity contribution is 0.674. The van der Waals surface area contributed by atoms with Gasteiger partial charge in [0.2, 0.25) is 0 Å². The Morgan fingerprint density at radius 2 is 2.06 bits per heavy atom. The molecule has 1 heterocycles. The van der Waals surface area contributed by atoms with Gasteiger partial charge in [0.1, 0.15) is 0 Å². The molecule has 0 unspecified atom stereocenters. The van der Waals surface area contributed by atoms with E-state index < -0.39 is 0 Å². The molecule has 0 aliphatic carbocycles. The van der Waals surface area contributed by atoms with E-state index in [-0.39, 0.29) is 0 Å². The van der Waals surface area contributed by atoms with E-state index >= 15 is 0 Å². The van der Waals surface area contributed by atoms with Crippen molar-refractivity contribution in [1.82, 2.24) is 15.3 Å². The molecule has 3 nitrogen and oxygen atoms in total. The quantitative estimate of drug-likeness (QED) is 0.934. The summed E-state index contributed by atoms with van der Waals surface area (Å²) in [6.07, 6.45) is 3.56. The van der Waals surface area contributed by atoms with E-state index in [2.05, 4.69) is 31.2 Å². The SMILES string of the molecule is Cc1cnc(CNCc2cc(Cl)ccc2Br)cn1. The number of nitrogens with one attached hydrogen (secondary N) is 1. The number of benzene rings is 1. The van der Waals surface area contributed by atoms with Crippen LogP contribution >= 0.6 is 27.5 Å². The Morgan fingerprint density at radius 3 is 2.78 bits per heavy atom. The largest absolute Gasteiger partial charge is 0.307 e. The van der Waals surface area contributed by atoms with Crippen molar-refractivity contribution in [3.8, 4) is 0 Å². The van der Waals surface area contributed by atoms with Gasteiger partial charge in [-0.15, -0.1) is 0 Å². The highest BCUT2D eigenvalue weighted by Crippen LogP contribution is 2.20. The van der Waals surface area contributed by atoms with Gasteiger partial charge in [0.25, 0.3) is 0 Å². The first-order valence-corrected chi connectivity index (χ1v) is 6.74. The Kier molecular flexibility index (Phi) is 4.69. The maximum absolute atomic E-state index is 5.96. The number of halogens is 2. The summed E-state index contributed by atoms with van der Waals surface area (Å²) in [5.74, 6) is 0. The Bertz CT molecular complexity index is 528. The fourth-order valence-electron chi connectivity index (χ4n) is 1.51. The van der Waals surface area contributed by atoms with E-state index in [1.807, 2.05) is 25.1 Å². The number of nitrogens with zero attached hydrogens (tertiary/aromatic N) is 2. The molecule has 0 saturated heterocycles. The third kappa shape index (κ3) is 3.77. The van der Waals surface area contributed by atoms with Gasteiger partial charge < -0.3 is 5.32 Å². The predicted octanol–water partition coefficient (Wildman–Crippen LogP) is 3.49. The standard InChI is InChI=1S/C13H13BrClN3/c1-9-5-18-12(8-17-9)7-16-6-10-4-11(15)2-3-13(10)14/h2-5,8,16H,6-7H2,1H3. The molecule has 0 aliphatic rings. The topological polar surface area (TPSA) is 37.8 Å². The molecule has 0 amide bonds. The van der Waals surface area contributed by atoms with Crippen molar-refractivity contribution in [2.24, 2.45) is 0 Å². The molecule has 94 valence electrons. The summed E-state index contributed by atoms with van der Waals surface area (Å²) in [6, 6.07) is 5.76. The van der Waals surface area contributed by atoms with Gasteiger partial charge in [0, 0.05) is 35.0 Å². The number of hydrogen-bond donors (Lipinski definition) is 1. The van der Waals surface area contributed by atoms with E-state index in [0.717, 1.165) is 33.0 Å². The molecular weight excluding hydrogens is 314 g/mol. The highest BCUT2D eigenvalue weighted by molar-refractivity contribution is 9.10. The minimum Gasteiger partial charge on any atom is -0.307 e. The van der Waals surface area contributed by atoms with Crippen LogP contribution in [0.5, 0.6) is 0 Å². The molecule has 0 saturated carbocycles. The van der Waals surface area contributed by atoms with E-state index in [1.54, 1.807) is 12.4 Å². The molecule has 1 aromatic heterocycles. The Morgan fingerprint density at radius 1 is 1.22 bits per heavy atom. The summed E-state index contributed by atoms with van der Waals surface area (Å²) in [4.78, 5) is 8.49. The number of hydrogen-bond acceptors (Lipinski definition) is 3. The first kappa shape index (κ1) is 13.5. The molecule has 0 spiro atoms. The lowest BCUT2D eigenvalue weighted by atomic mass is 10.2. The summed E-state index contributed by atoms with van der Waals surface area (Å²) in [5.41, 5.74) is 2.98. The zero-order valence-corrected chi connectivity index (χ0v) is 12.3. The summed E-state index contributed by atoms with van der Waals surface area (Å²) < 4.78 is 1.05. The van der Waals surface area contributed by atoms with E-state index in [1.165, 1.54) is 0 Å². The van der Waals surface area contributed by atoms with Crippen LogP contribution in [0.2, 0.25) is 5.02 Å².